The number of non-ortho nitro benzene ring substituents is 1. The van der Waals surface area contributed by atoms with Crippen LogP contribution in [0.3, 0.4) is 0 Å². The van der Waals surface area contributed by atoms with Crippen molar-refractivity contribution in [3.63, 3.8) is 0 Å². The Bertz CT molecular complexity index is 631. The smallest absolute Gasteiger partial charge is 0.311 e. The van der Waals surface area contributed by atoms with Gasteiger partial charge in [-0.05, 0) is 31.9 Å². The van der Waals surface area contributed by atoms with E-state index in [9.17, 15) is 24.8 Å². The second-order valence-corrected chi connectivity index (χ2v) is 6.27. The molecule has 1 heterocycles. The highest BCUT2D eigenvalue weighted by Crippen LogP contribution is 2.30. The first-order valence-corrected chi connectivity index (χ1v) is 7.81. The predicted molar refractivity (Wildman–Crippen MR) is 87.8 cm³/mol. The van der Waals surface area contributed by atoms with Crippen molar-refractivity contribution in [3.8, 4) is 0 Å². The average Bonchev–Trinajstić information content (AvgIpc) is 2.96. The first-order chi connectivity index (χ1) is 11.3. The molecule has 1 fully saturated rings. The Morgan fingerprint density at radius 3 is 2.58 bits per heavy atom. The van der Waals surface area contributed by atoms with Crippen LogP contribution in [0.2, 0.25) is 0 Å². The minimum absolute atomic E-state index is 0.0336. The first-order valence-electron chi connectivity index (χ1n) is 7.81. The molecule has 0 aliphatic carbocycles. The van der Waals surface area contributed by atoms with E-state index >= 15 is 0 Å². The van der Waals surface area contributed by atoms with Gasteiger partial charge in [0.25, 0.3) is 5.69 Å². The number of hydrogen-bond donors (Lipinski definition) is 2. The summed E-state index contributed by atoms with van der Waals surface area (Å²) in [5, 5.41) is 22.8. The number of nitrogens with zero attached hydrogens (tertiary/aromatic N) is 2. The maximum Gasteiger partial charge on any atom is 0.311 e. The zero-order chi connectivity index (χ0) is 17.7. The van der Waals surface area contributed by atoms with Crippen LogP contribution in [0.15, 0.2) is 24.3 Å². The SMILES string of the molecule is CC1(C(=O)O)CCN(C(=O)CCCNc2ccc([N+](=O)[O-])cc2)C1. The second-order valence-electron chi connectivity index (χ2n) is 6.27. The molecular formula is C16H21N3O5. The van der Waals surface area contributed by atoms with Crippen molar-refractivity contribution >= 4 is 23.3 Å². The molecule has 1 aromatic rings. The van der Waals surface area contributed by atoms with Gasteiger partial charge in [0.2, 0.25) is 5.91 Å². The summed E-state index contributed by atoms with van der Waals surface area (Å²) in [4.78, 5) is 35.0. The number of carboxylic acids is 1. The molecule has 0 radical (unpaired) electrons. The molecular weight excluding hydrogens is 314 g/mol. The van der Waals surface area contributed by atoms with Crippen molar-refractivity contribution in [3.05, 3.63) is 34.4 Å². The molecule has 1 atom stereocenters. The summed E-state index contributed by atoms with van der Waals surface area (Å²) in [6.45, 7) is 2.97. The highest BCUT2D eigenvalue weighted by atomic mass is 16.6. The highest BCUT2D eigenvalue weighted by Gasteiger charge is 2.41. The normalized spacial score (nSPS) is 20.0. The van der Waals surface area contributed by atoms with E-state index in [4.69, 9.17) is 0 Å². The molecule has 1 aromatic carbocycles. The fraction of sp³-hybridized carbons (Fsp3) is 0.500. The molecule has 8 nitrogen and oxygen atoms in total. The monoisotopic (exact) mass is 335 g/mol. The Kier molecular flexibility index (Phi) is 5.38. The molecule has 0 bridgehead atoms. The lowest BCUT2D eigenvalue weighted by atomic mass is 9.90. The maximum absolute atomic E-state index is 12.1. The van der Waals surface area contributed by atoms with E-state index in [1.807, 2.05) is 0 Å². The molecule has 0 spiro atoms. The number of carbonyl (C=O) groups is 2. The number of nitrogens with one attached hydrogen (secondary N) is 1. The Morgan fingerprint density at radius 2 is 2.04 bits per heavy atom. The average molecular weight is 335 g/mol. The number of nitro benzene ring substituents is 1. The lowest BCUT2D eigenvalue weighted by Gasteiger charge is -2.20. The van der Waals surface area contributed by atoms with E-state index in [1.54, 1.807) is 24.0 Å². The third-order valence-electron chi connectivity index (χ3n) is 4.32. The van der Waals surface area contributed by atoms with Crippen molar-refractivity contribution in [2.75, 3.05) is 25.0 Å². The number of likely N-dealkylation sites (tertiary alicyclic amines) is 1. The van der Waals surface area contributed by atoms with E-state index in [0.29, 0.717) is 32.4 Å². The summed E-state index contributed by atoms with van der Waals surface area (Å²) in [5.41, 5.74) is -0.0499. The van der Waals surface area contributed by atoms with Crippen LogP contribution in [0.25, 0.3) is 0 Å². The fourth-order valence-electron chi connectivity index (χ4n) is 2.68. The standard InChI is InChI=1S/C16H21N3O5/c1-16(15(21)22)8-10-18(11-16)14(20)3-2-9-17-12-4-6-13(7-5-12)19(23)24/h4-7,17H,2-3,8-11H2,1H3,(H,21,22). The summed E-state index contributed by atoms with van der Waals surface area (Å²) >= 11 is 0. The lowest BCUT2D eigenvalue weighted by Crippen LogP contribution is -2.34. The molecule has 0 aromatic heterocycles. The first kappa shape index (κ1) is 17.7. The fourth-order valence-corrected chi connectivity index (χ4v) is 2.68. The van der Waals surface area contributed by atoms with E-state index in [2.05, 4.69) is 5.32 Å². The molecule has 1 aliphatic heterocycles. The van der Waals surface area contributed by atoms with Gasteiger partial charge >= 0.3 is 5.97 Å². The molecule has 2 rings (SSSR count). The van der Waals surface area contributed by atoms with Crippen LogP contribution >= 0.6 is 0 Å². The molecule has 1 unspecified atom stereocenters. The van der Waals surface area contributed by atoms with Gasteiger partial charge in [-0.25, -0.2) is 0 Å². The summed E-state index contributed by atoms with van der Waals surface area (Å²) < 4.78 is 0. The van der Waals surface area contributed by atoms with E-state index in [1.165, 1.54) is 12.1 Å². The van der Waals surface area contributed by atoms with Gasteiger partial charge in [0.1, 0.15) is 0 Å². The number of rotatable bonds is 7. The van der Waals surface area contributed by atoms with Crippen LogP contribution < -0.4 is 5.32 Å². The van der Waals surface area contributed by atoms with Crippen molar-refractivity contribution in [1.29, 1.82) is 0 Å². The molecule has 8 heteroatoms. The van der Waals surface area contributed by atoms with E-state index in [-0.39, 0.29) is 18.1 Å². The van der Waals surface area contributed by atoms with Gasteiger partial charge in [0, 0.05) is 43.9 Å². The number of anilines is 1. The number of benzene rings is 1. The summed E-state index contributed by atoms with van der Waals surface area (Å²) in [6.07, 6.45) is 1.43. The van der Waals surface area contributed by atoms with Crippen LogP contribution in [0.5, 0.6) is 0 Å². The minimum atomic E-state index is -0.863. The number of nitro groups is 1. The Morgan fingerprint density at radius 1 is 1.38 bits per heavy atom. The van der Waals surface area contributed by atoms with Gasteiger partial charge in [-0.2, -0.15) is 0 Å². The van der Waals surface area contributed by atoms with Gasteiger partial charge < -0.3 is 15.3 Å². The van der Waals surface area contributed by atoms with Gasteiger partial charge in [-0.1, -0.05) is 0 Å². The van der Waals surface area contributed by atoms with Crippen LogP contribution in [0, 0.1) is 15.5 Å². The Hall–Kier alpha value is -2.64. The van der Waals surface area contributed by atoms with Gasteiger partial charge in [-0.15, -0.1) is 0 Å². The van der Waals surface area contributed by atoms with Crippen LogP contribution in [0.4, 0.5) is 11.4 Å². The molecule has 1 amide bonds. The molecule has 2 N–H and O–H groups in total. The van der Waals surface area contributed by atoms with E-state index in [0.717, 1.165) is 5.69 Å². The molecule has 1 saturated heterocycles. The van der Waals surface area contributed by atoms with Gasteiger partial charge in [0.15, 0.2) is 0 Å². The van der Waals surface area contributed by atoms with Gasteiger partial charge in [-0.3, -0.25) is 19.7 Å². The summed E-state index contributed by atoms with van der Waals surface area (Å²) in [6, 6.07) is 6.09. The number of aliphatic carboxylic acids is 1. The lowest BCUT2D eigenvalue weighted by molar-refractivity contribution is -0.384. The third-order valence-corrected chi connectivity index (χ3v) is 4.32. The molecule has 130 valence electrons. The maximum atomic E-state index is 12.1. The molecule has 24 heavy (non-hydrogen) atoms. The second kappa shape index (κ2) is 7.29. The molecule has 1 aliphatic rings. The van der Waals surface area contributed by atoms with Crippen molar-refractivity contribution in [2.24, 2.45) is 5.41 Å². The molecule has 0 saturated carbocycles. The largest absolute Gasteiger partial charge is 0.481 e. The number of amides is 1. The summed E-state index contributed by atoms with van der Waals surface area (Å²) in [5.74, 6) is -0.900. The number of hydrogen-bond acceptors (Lipinski definition) is 5. The van der Waals surface area contributed by atoms with Gasteiger partial charge in [0.05, 0.1) is 10.3 Å². The predicted octanol–water partition coefficient (Wildman–Crippen LogP) is 2.11. The van der Waals surface area contributed by atoms with Crippen molar-refractivity contribution in [2.45, 2.75) is 26.2 Å². The Labute approximate surface area is 139 Å². The topological polar surface area (TPSA) is 113 Å². The minimum Gasteiger partial charge on any atom is -0.481 e. The quantitative estimate of drug-likeness (QED) is 0.448. The number of carboxylic acid groups (broad SMARTS) is 1. The number of carbonyl (C=O) groups excluding carboxylic acids is 1. The van der Waals surface area contributed by atoms with Crippen molar-refractivity contribution < 1.29 is 19.6 Å². The Balaban J connectivity index is 1.72. The third kappa shape index (κ3) is 4.21. The highest BCUT2D eigenvalue weighted by molar-refractivity contribution is 5.80. The van der Waals surface area contributed by atoms with Crippen molar-refractivity contribution in [1.82, 2.24) is 4.90 Å². The van der Waals surface area contributed by atoms with Crippen LogP contribution in [-0.2, 0) is 9.59 Å². The zero-order valence-corrected chi connectivity index (χ0v) is 13.5. The van der Waals surface area contributed by atoms with Crippen LogP contribution in [-0.4, -0.2) is 46.4 Å². The summed E-state index contributed by atoms with van der Waals surface area (Å²) in [7, 11) is 0. The zero-order valence-electron chi connectivity index (χ0n) is 13.5. The van der Waals surface area contributed by atoms with Crippen LogP contribution in [0.1, 0.15) is 26.2 Å². The van der Waals surface area contributed by atoms with E-state index < -0.39 is 16.3 Å².